The summed E-state index contributed by atoms with van der Waals surface area (Å²) >= 11 is 0. The van der Waals surface area contributed by atoms with Gasteiger partial charge in [0.15, 0.2) is 0 Å². The van der Waals surface area contributed by atoms with Crippen molar-refractivity contribution in [1.82, 2.24) is 10.6 Å². The topological polar surface area (TPSA) is 58.2 Å². The van der Waals surface area contributed by atoms with Gasteiger partial charge in [-0.3, -0.25) is 14.9 Å². The minimum atomic E-state index is -3.18. The lowest BCUT2D eigenvalue weighted by Crippen LogP contribution is -2.45. The van der Waals surface area contributed by atoms with Gasteiger partial charge in [0.25, 0.3) is 5.92 Å². The van der Waals surface area contributed by atoms with Crippen LogP contribution in [0.15, 0.2) is 12.1 Å². The zero-order chi connectivity index (χ0) is 17.5. The van der Waals surface area contributed by atoms with E-state index in [1.807, 2.05) is 0 Å². The average molecular weight is 344 g/mol. The zero-order valence-electron chi connectivity index (χ0n) is 12.7. The summed E-state index contributed by atoms with van der Waals surface area (Å²) in [7, 11) is 0. The Balaban J connectivity index is 1.94. The van der Waals surface area contributed by atoms with Crippen LogP contribution in [-0.2, 0) is 9.59 Å². The maximum absolute atomic E-state index is 14.4. The Bertz CT molecular complexity index is 693. The molecule has 0 bridgehead atoms. The van der Waals surface area contributed by atoms with Gasteiger partial charge in [0, 0.05) is 12.0 Å². The quantitative estimate of drug-likeness (QED) is 0.639. The number of imide groups is 1. The average Bonchev–Trinajstić information content (AvgIpc) is 2.50. The minimum absolute atomic E-state index is 0.0128. The van der Waals surface area contributed by atoms with Gasteiger partial charge < -0.3 is 5.32 Å². The molecular weight excluding hydrogens is 328 g/mol. The Kier molecular flexibility index (Phi) is 4.33. The summed E-state index contributed by atoms with van der Waals surface area (Å²) in [4.78, 5) is 23.0. The van der Waals surface area contributed by atoms with Crippen LogP contribution in [0.1, 0.15) is 42.2 Å². The third-order valence-corrected chi connectivity index (χ3v) is 4.59. The molecule has 2 heterocycles. The molecule has 3 rings (SSSR count). The van der Waals surface area contributed by atoms with E-state index in [-0.39, 0.29) is 36.9 Å². The smallest absolute Gasteiger partial charge is 0.267 e. The van der Waals surface area contributed by atoms with E-state index in [2.05, 4.69) is 10.6 Å². The van der Waals surface area contributed by atoms with Crippen LogP contribution >= 0.6 is 0 Å². The van der Waals surface area contributed by atoms with E-state index in [1.165, 1.54) is 0 Å². The first-order chi connectivity index (χ1) is 11.3. The predicted octanol–water partition coefficient (Wildman–Crippen LogP) is 2.20. The number of halogens is 4. The number of hydrogen-bond donors (Lipinski definition) is 2. The van der Waals surface area contributed by atoms with Crippen molar-refractivity contribution in [2.45, 2.75) is 37.0 Å². The molecule has 0 spiro atoms. The summed E-state index contributed by atoms with van der Waals surface area (Å²) in [5, 5.41) is 4.60. The predicted molar refractivity (Wildman–Crippen MR) is 76.7 cm³/mol. The third-order valence-electron chi connectivity index (χ3n) is 4.59. The Morgan fingerprint density at radius 3 is 2.38 bits per heavy atom. The van der Waals surface area contributed by atoms with Gasteiger partial charge in [-0.15, -0.1) is 0 Å². The van der Waals surface area contributed by atoms with Crippen molar-refractivity contribution < 1.29 is 27.2 Å². The van der Waals surface area contributed by atoms with E-state index in [0.717, 1.165) is 12.1 Å². The highest BCUT2D eigenvalue weighted by Gasteiger charge is 2.44. The number of rotatable bonds is 2. The summed E-state index contributed by atoms with van der Waals surface area (Å²) < 4.78 is 56.7. The Hall–Kier alpha value is -1.96. The number of nitrogens with one attached hydrogen (secondary N) is 2. The maximum Gasteiger partial charge on any atom is 0.267 e. The van der Waals surface area contributed by atoms with Crippen molar-refractivity contribution in [1.29, 1.82) is 0 Å². The van der Waals surface area contributed by atoms with Crippen molar-refractivity contribution in [3.05, 3.63) is 34.9 Å². The first-order valence-corrected chi connectivity index (χ1v) is 7.70. The van der Waals surface area contributed by atoms with Gasteiger partial charge in [-0.05, 0) is 37.1 Å². The molecule has 0 aromatic heterocycles. The Morgan fingerprint density at radius 2 is 1.71 bits per heavy atom. The molecule has 2 aliphatic rings. The summed E-state index contributed by atoms with van der Waals surface area (Å²) in [6, 6.07) is 1.57. The Labute approximate surface area is 135 Å². The highest BCUT2D eigenvalue weighted by Crippen LogP contribution is 2.40. The Morgan fingerprint density at radius 1 is 1.04 bits per heavy atom. The zero-order valence-corrected chi connectivity index (χ0v) is 12.7. The molecule has 130 valence electrons. The molecule has 0 radical (unpaired) electrons. The number of carbonyl (C=O) groups is 2. The van der Waals surface area contributed by atoms with E-state index >= 15 is 0 Å². The third kappa shape index (κ3) is 3.02. The fourth-order valence-electron chi connectivity index (χ4n) is 3.32. The van der Waals surface area contributed by atoms with Gasteiger partial charge in [-0.2, -0.15) is 0 Å². The lowest BCUT2D eigenvalue weighted by Gasteiger charge is -2.32. The van der Waals surface area contributed by atoms with Crippen LogP contribution in [0, 0.1) is 11.6 Å². The number of alkyl halides is 2. The maximum atomic E-state index is 14.4. The van der Waals surface area contributed by atoms with Crippen molar-refractivity contribution in [2.24, 2.45) is 0 Å². The molecular formula is C16H16F4N2O2. The molecule has 2 fully saturated rings. The number of carbonyl (C=O) groups excluding carboxylic acids is 2. The number of hydrogen-bond acceptors (Lipinski definition) is 3. The SMILES string of the molecule is O=C1CCC(c2cc(F)c(C3CCNCC3(F)F)cc2F)C(=O)N1. The second-order valence-corrected chi connectivity index (χ2v) is 6.18. The second kappa shape index (κ2) is 6.16. The molecule has 2 amide bonds. The lowest BCUT2D eigenvalue weighted by atomic mass is 9.83. The molecule has 8 heteroatoms. The van der Waals surface area contributed by atoms with Gasteiger partial charge in [-0.1, -0.05) is 0 Å². The van der Waals surface area contributed by atoms with Crippen LogP contribution < -0.4 is 10.6 Å². The molecule has 4 nitrogen and oxygen atoms in total. The molecule has 2 atom stereocenters. The summed E-state index contributed by atoms with van der Waals surface area (Å²) in [6.07, 6.45) is 0.0661. The first kappa shape index (κ1) is 16.9. The second-order valence-electron chi connectivity index (χ2n) is 6.18. The highest BCUT2D eigenvalue weighted by molar-refractivity contribution is 6.00. The minimum Gasteiger partial charge on any atom is -0.311 e. The van der Waals surface area contributed by atoms with Gasteiger partial charge >= 0.3 is 0 Å². The lowest BCUT2D eigenvalue weighted by molar-refractivity contribution is -0.134. The monoisotopic (exact) mass is 344 g/mol. The summed E-state index contributed by atoms with van der Waals surface area (Å²) in [5.74, 6) is -8.63. The van der Waals surface area contributed by atoms with E-state index in [9.17, 15) is 27.2 Å². The van der Waals surface area contributed by atoms with Gasteiger partial charge in [0.1, 0.15) is 11.6 Å². The molecule has 1 aromatic rings. The number of benzene rings is 1. The normalized spacial score (nSPS) is 27.0. The highest BCUT2D eigenvalue weighted by atomic mass is 19.3. The molecule has 0 aliphatic carbocycles. The van der Waals surface area contributed by atoms with Crippen molar-refractivity contribution in [3.8, 4) is 0 Å². The number of piperidine rings is 2. The van der Waals surface area contributed by atoms with E-state index < -0.39 is 47.8 Å². The fraction of sp³-hybridized carbons (Fsp3) is 0.500. The van der Waals surface area contributed by atoms with Crippen LogP contribution in [0.3, 0.4) is 0 Å². The van der Waals surface area contributed by atoms with Gasteiger partial charge in [0.2, 0.25) is 11.8 Å². The largest absolute Gasteiger partial charge is 0.311 e. The van der Waals surface area contributed by atoms with Crippen LogP contribution in [0.5, 0.6) is 0 Å². The number of amides is 2. The first-order valence-electron chi connectivity index (χ1n) is 7.70. The van der Waals surface area contributed by atoms with Crippen molar-refractivity contribution in [2.75, 3.05) is 13.1 Å². The molecule has 2 saturated heterocycles. The van der Waals surface area contributed by atoms with Gasteiger partial charge in [0.05, 0.1) is 18.4 Å². The fourth-order valence-corrected chi connectivity index (χ4v) is 3.32. The molecule has 2 unspecified atom stereocenters. The van der Waals surface area contributed by atoms with E-state index in [1.54, 1.807) is 0 Å². The van der Waals surface area contributed by atoms with E-state index in [4.69, 9.17) is 0 Å². The van der Waals surface area contributed by atoms with E-state index in [0.29, 0.717) is 0 Å². The molecule has 2 N–H and O–H groups in total. The van der Waals surface area contributed by atoms with Crippen LogP contribution in [0.4, 0.5) is 17.6 Å². The van der Waals surface area contributed by atoms with Crippen molar-refractivity contribution in [3.63, 3.8) is 0 Å². The van der Waals surface area contributed by atoms with Crippen LogP contribution in [0.25, 0.3) is 0 Å². The summed E-state index contributed by atoms with van der Waals surface area (Å²) in [5.41, 5.74) is -0.589. The summed E-state index contributed by atoms with van der Waals surface area (Å²) in [6.45, 7) is -0.302. The molecule has 1 aromatic carbocycles. The van der Waals surface area contributed by atoms with Crippen molar-refractivity contribution >= 4 is 11.8 Å². The van der Waals surface area contributed by atoms with Gasteiger partial charge in [-0.25, -0.2) is 17.6 Å². The molecule has 24 heavy (non-hydrogen) atoms. The van der Waals surface area contributed by atoms with Crippen LogP contribution in [-0.4, -0.2) is 30.8 Å². The molecule has 2 aliphatic heterocycles. The molecule has 0 saturated carbocycles. The van der Waals surface area contributed by atoms with Crippen LogP contribution in [0.2, 0.25) is 0 Å². The standard InChI is InChI=1S/C16H16F4N2O2/c17-12-6-10(11-3-4-21-7-16(11,19)20)13(18)5-9(12)8-1-2-14(23)22-15(8)24/h5-6,8,11,21H,1-4,7H2,(H,22,23,24).